The third kappa shape index (κ3) is 3.54. The first kappa shape index (κ1) is 13.1. The summed E-state index contributed by atoms with van der Waals surface area (Å²) < 4.78 is 1.16. The van der Waals surface area contributed by atoms with E-state index in [-0.39, 0.29) is 0 Å². The average molecular weight is 297 g/mol. The summed E-state index contributed by atoms with van der Waals surface area (Å²) in [6.45, 7) is 3.23. The van der Waals surface area contributed by atoms with E-state index in [2.05, 4.69) is 50.8 Å². The molecular formula is C14H21BrN2. The maximum atomic E-state index is 3.60. The van der Waals surface area contributed by atoms with E-state index in [1.165, 1.54) is 24.8 Å². The lowest BCUT2D eigenvalue weighted by Crippen LogP contribution is -2.46. The van der Waals surface area contributed by atoms with E-state index < -0.39 is 0 Å². The zero-order chi connectivity index (χ0) is 12.1. The van der Waals surface area contributed by atoms with Crippen LogP contribution in [0.1, 0.15) is 24.8 Å². The summed E-state index contributed by atoms with van der Waals surface area (Å²) in [7, 11) is 2.05. The Kier molecular flexibility index (Phi) is 4.60. The predicted octanol–water partition coefficient (Wildman–Crippen LogP) is 2.93. The maximum Gasteiger partial charge on any atom is 0.0206 e. The molecule has 1 aliphatic carbocycles. The lowest BCUT2D eigenvalue weighted by Gasteiger charge is -2.42. The van der Waals surface area contributed by atoms with Gasteiger partial charge in [0.15, 0.2) is 0 Å². The van der Waals surface area contributed by atoms with Crippen LogP contribution in [-0.2, 0) is 6.54 Å². The molecule has 1 aromatic carbocycles. The molecule has 1 saturated carbocycles. The van der Waals surface area contributed by atoms with Crippen molar-refractivity contribution >= 4 is 15.9 Å². The van der Waals surface area contributed by atoms with Crippen LogP contribution in [0.3, 0.4) is 0 Å². The minimum Gasteiger partial charge on any atom is -0.319 e. The highest BCUT2D eigenvalue weighted by Gasteiger charge is 2.35. The minimum atomic E-state index is 0.515. The number of rotatable bonds is 6. The molecule has 0 aliphatic heterocycles. The molecule has 0 radical (unpaired) electrons. The van der Waals surface area contributed by atoms with Crippen molar-refractivity contribution in [2.45, 2.75) is 25.8 Å². The minimum absolute atomic E-state index is 0.515. The molecule has 94 valence electrons. The lowest BCUT2D eigenvalue weighted by molar-refractivity contribution is 0.130. The fourth-order valence-corrected chi connectivity index (χ4v) is 3.03. The molecule has 1 aliphatic rings. The summed E-state index contributed by atoms with van der Waals surface area (Å²) in [5.74, 6) is 0. The highest BCUT2D eigenvalue weighted by atomic mass is 79.9. The first-order chi connectivity index (χ1) is 8.24. The van der Waals surface area contributed by atoms with Crippen LogP contribution in [-0.4, -0.2) is 20.1 Å². The van der Waals surface area contributed by atoms with E-state index in [1.807, 2.05) is 7.05 Å². The van der Waals surface area contributed by atoms with Crippen molar-refractivity contribution in [1.29, 1.82) is 0 Å². The smallest absolute Gasteiger partial charge is 0.0206 e. The van der Waals surface area contributed by atoms with Crippen LogP contribution in [0.5, 0.6) is 0 Å². The molecule has 0 heterocycles. The Hall–Kier alpha value is -0.380. The largest absolute Gasteiger partial charge is 0.319 e. The summed E-state index contributed by atoms with van der Waals surface area (Å²) in [5.41, 5.74) is 1.86. The quantitative estimate of drug-likeness (QED) is 0.843. The van der Waals surface area contributed by atoms with E-state index in [9.17, 15) is 0 Å². The fraction of sp³-hybridized carbons (Fsp3) is 0.571. The van der Waals surface area contributed by atoms with Crippen LogP contribution in [0.15, 0.2) is 28.7 Å². The van der Waals surface area contributed by atoms with Crippen LogP contribution < -0.4 is 10.6 Å². The zero-order valence-corrected chi connectivity index (χ0v) is 12.0. The highest BCUT2D eigenvalue weighted by molar-refractivity contribution is 9.10. The molecule has 0 unspecified atom stereocenters. The fourth-order valence-electron chi connectivity index (χ4n) is 2.59. The maximum absolute atomic E-state index is 3.60. The molecular weight excluding hydrogens is 276 g/mol. The molecule has 0 spiro atoms. The van der Waals surface area contributed by atoms with Gasteiger partial charge in [0.2, 0.25) is 0 Å². The van der Waals surface area contributed by atoms with Crippen molar-refractivity contribution in [3.8, 4) is 0 Å². The van der Waals surface area contributed by atoms with E-state index in [0.29, 0.717) is 5.41 Å². The Morgan fingerprint density at radius 1 is 1.29 bits per heavy atom. The molecule has 1 aromatic rings. The van der Waals surface area contributed by atoms with Gasteiger partial charge in [0.05, 0.1) is 0 Å². The Morgan fingerprint density at radius 2 is 2.12 bits per heavy atom. The SMILES string of the molecule is CNCC1(CNCc2cccc(Br)c2)CCC1. The number of hydrogen-bond acceptors (Lipinski definition) is 2. The normalized spacial score (nSPS) is 17.8. The van der Waals surface area contributed by atoms with E-state index in [4.69, 9.17) is 0 Å². The van der Waals surface area contributed by atoms with Crippen molar-refractivity contribution < 1.29 is 0 Å². The Balaban J connectivity index is 1.79. The molecule has 2 rings (SSSR count). The van der Waals surface area contributed by atoms with Crippen molar-refractivity contribution in [2.24, 2.45) is 5.41 Å². The van der Waals surface area contributed by atoms with Crippen molar-refractivity contribution in [3.05, 3.63) is 34.3 Å². The van der Waals surface area contributed by atoms with Crippen LogP contribution in [0, 0.1) is 5.41 Å². The second-order valence-corrected chi connectivity index (χ2v) is 6.03. The third-order valence-electron chi connectivity index (χ3n) is 3.68. The number of halogens is 1. The van der Waals surface area contributed by atoms with Gasteiger partial charge in [-0.25, -0.2) is 0 Å². The number of benzene rings is 1. The van der Waals surface area contributed by atoms with E-state index in [1.54, 1.807) is 0 Å². The van der Waals surface area contributed by atoms with Crippen molar-refractivity contribution in [1.82, 2.24) is 10.6 Å². The van der Waals surface area contributed by atoms with E-state index in [0.717, 1.165) is 24.1 Å². The van der Waals surface area contributed by atoms with E-state index >= 15 is 0 Å². The summed E-state index contributed by atoms with van der Waals surface area (Å²) in [5, 5.41) is 6.92. The van der Waals surface area contributed by atoms with Gasteiger partial charge in [-0.15, -0.1) is 0 Å². The molecule has 0 atom stereocenters. The Morgan fingerprint density at radius 3 is 2.71 bits per heavy atom. The van der Waals surface area contributed by atoms with Gasteiger partial charge in [0, 0.05) is 24.1 Å². The van der Waals surface area contributed by atoms with Crippen LogP contribution in [0.25, 0.3) is 0 Å². The topological polar surface area (TPSA) is 24.1 Å². The summed E-state index contributed by atoms with van der Waals surface area (Å²) in [4.78, 5) is 0. The molecule has 2 nitrogen and oxygen atoms in total. The van der Waals surface area contributed by atoms with Crippen LogP contribution in [0.2, 0.25) is 0 Å². The second-order valence-electron chi connectivity index (χ2n) is 5.12. The Bertz CT molecular complexity index is 361. The molecule has 1 fully saturated rings. The molecule has 2 N–H and O–H groups in total. The summed E-state index contributed by atoms with van der Waals surface area (Å²) in [6.07, 6.45) is 4.11. The van der Waals surface area contributed by atoms with Crippen molar-refractivity contribution in [3.63, 3.8) is 0 Å². The summed E-state index contributed by atoms with van der Waals surface area (Å²) >= 11 is 3.51. The third-order valence-corrected chi connectivity index (χ3v) is 4.18. The highest BCUT2D eigenvalue weighted by Crippen LogP contribution is 2.39. The molecule has 0 bridgehead atoms. The summed E-state index contributed by atoms with van der Waals surface area (Å²) in [6, 6.07) is 8.51. The Labute approximate surface area is 112 Å². The first-order valence-corrected chi connectivity index (χ1v) is 7.13. The van der Waals surface area contributed by atoms with Crippen molar-refractivity contribution in [2.75, 3.05) is 20.1 Å². The van der Waals surface area contributed by atoms with Gasteiger partial charge in [0.25, 0.3) is 0 Å². The second kappa shape index (κ2) is 5.98. The first-order valence-electron chi connectivity index (χ1n) is 6.34. The molecule has 3 heteroatoms. The molecule has 17 heavy (non-hydrogen) atoms. The molecule has 0 amide bonds. The number of nitrogens with one attached hydrogen (secondary N) is 2. The zero-order valence-electron chi connectivity index (χ0n) is 10.4. The van der Waals surface area contributed by atoms with Gasteiger partial charge in [-0.2, -0.15) is 0 Å². The monoisotopic (exact) mass is 296 g/mol. The van der Waals surface area contributed by atoms with Crippen LogP contribution >= 0.6 is 15.9 Å². The standard InChI is InChI=1S/C14H21BrN2/c1-16-10-14(6-3-7-14)11-17-9-12-4-2-5-13(15)8-12/h2,4-5,8,16-17H,3,6-7,9-11H2,1H3. The van der Waals surface area contributed by atoms with Gasteiger partial charge in [-0.1, -0.05) is 34.5 Å². The van der Waals surface area contributed by atoms with Crippen LogP contribution in [0.4, 0.5) is 0 Å². The molecule has 0 saturated heterocycles. The van der Waals surface area contributed by atoms with Gasteiger partial charge in [0.1, 0.15) is 0 Å². The predicted molar refractivity (Wildman–Crippen MR) is 76.1 cm³/mol. The van der Waals surface area contributed by atoms with Gasteiger partial charge in [-0.3, -0.25) is 0 Å². The van der Waals surface area contributed by atoms with Gasteiger partial charge in [-0.05, 0) is 43.0 Å². The number of hydrogen-bond donors (Lipinski definition) is 2. The van der Waals surface area contributed by atoms with Gasteiger partial charge >= 0.3 is 0 Å². The lowest BCUT2D eigenvalue weighted by atomic mass is 9.68. The van der Waals surface area contributed by atoms with Gasteiger partial charge < -0.3 is 10.6 Å². The average Bonchev–Trinajstić information content (AvgIpc) is 2.26. The molecule has 0 aromatic heterocycles.